The van der Waals surface area contributed by atoms with E-state index in [0.29, 0.717) is 37.0 Å². The van der Waals surface area contributed by atoms with Crippen molar-refractivity contribution in [2.75, 3.05) is 26.9 Å². The molecule has 7 heteroatoms. The smallest absolute Gasteiger partial charge is 0.247 e. The molecule has 154 valence electrons. The van der Waals surface area contributed by atoms with Crippen molar-refractivity contribution in [1.82, 2.24) is 4.90 Å². The molecule has 3 aromatic rings. The molecule has 0 bridgehead atoms. The van der Waals surface area contributed by atoms with Gasteiger partial charge in [0.25, 0.3) is 0 Å². The van der Waals surface area contributed by atoms with E-state index in [2.05, 4.69) is 22.9 Å². The van der Waals surface area contributed by atoms with Crippen molar-refractivity contribution in [3.05, 3.63) is 68.0 Å². The van der Waals surface area contributed by atoms with Gasteiger partial charge in [-0.3, -0.25) is 4.79 Å². The van der Waals surface area contributed by atoms with E-state index in [1.54, 1.807) is 35.9 Å². The summed E-state index contributed by atoms with van der Waals surface area (Å²) >= 11 is 3.47. The number of ether oxygens (including phenoxy) is 3. The molecule has 1 aromatic carbocycles. The molecule has 0 radical (unpaired) electrons. The Morgan fingerprint density at radius 2 is 2.10 bits per heavy atom. The first kappa shape index (κ1) is 19.2. The van der Waals surface area contributed by atoms with E-state index in [4.69, 9.17) is 14.2 Å². The normalized spacial score (nSPS) is 17.8. The van der Waals surface area contributed by atoms with Crippen LogP contribution in [0.4, 0.5) is 0 Å². The first-order valence-corrected chi connectivity index (χ1v) is 11.6. The molecule has 2 aliphatic rings. The van der Waals surface area contributed by atoms with E-state index >= 15 is 0 Å². The number of carbonyl (C=O) groups excluding carboxylic acids is 1. The zero-order chi connectivity index (χ0) is 20.5. The standard InChI is InChI=1S/C23H21NO4S2/c1-26-17-13-15(14-18-23(17)28-10-9-27-18)4-5-21(25)24-8-6-19-16(7-12-30-19)22(24)20-3-2-11-29-20/h2-5,7,11-14,22H,6,8-10H2,1H3/b5-4+. The van der Waals surface area contributed by atoms with Crippen LogP contribution < -0.4 is 14.2 Å². The van der Waals surface area contributed by atoms with Crippen LogP contribution in [-0.4, -0.2) is 37.7 Å². The van der Waals surface area contributed by atoms with E-state index in [0.717, 1.165) is 12.0 Å². The van der Waals surface area contributed by atoms with E-state index in [1.165, 1.54) is 15.3 Å². The Balaban J connectivity index is 1.43. The number of amides is 1. The summed E-state index contributed by atoms with van der Waals surface area (Å²) in [6.45, 7) is 1.71. The van der Waals surface area contributed by atoms with Crippen molar-refractivity contribution >= 4 is 34.7 Å². The summed E-state index contributed by atoms with van der Waals surface area (Å²) in [6, 6.07) is 10.0. The second kappa shape index (κ2) is 8.16. The molecule has 5 nitrogen and oxygen atoms in total. The van der Waals surface area contributed by atoms with Crippen molar-refractivity contribution in [3.8, 4) is 17.2 Å². The lowest BCUT2D eigenvalue weighted by molar-refractivity contribution is -0.127. The number of hydrogen-bond donors (Lipinski definition) is 0. The second-order valence-corrected chi connectivity index (χ2v) is 9.06. The number of benzene rings is 1. The third-order valence-electron chi connectivity index (χ3n) is 5.33. The van der Waals surface area contributed by atoms with Crippen molar-refractivity contribution in [2.24, 2.45) is 0 Å². The Labute approximate surface area is 183 Å². The summed E-state index contributed by atoms with van der Waals surface area (Å²) in [6.07, 6.45) is 4.35. The Kier molecular flexibility index (Phi) is 5.23. The number of nitrogens with zero attached hydrogens (tertiary/aromatic N) is 1. The number of carbonyl (C=O) groups is 1. The van der Waals surface area contributed by atoms with Crippen molar-refractivity contribution in [3.63, 3.8) is 0 Å². The van der Waals surface area contributed by atoms with Crippen LogP contribution in [0.1, 0.15) is 26.9 Å². The van der Waals surface area contributed by atoms with Crippen LogP contribution in [0.25, 0.3) is 6.08 Å². The maximum atomic E-state index is 13.2. The number of methoxy groups -OCH3 is 1. The van der Waals surface area contributed by atoms with E-state index in [1.807, 2.05) is 29.2 Å². The molecule has 0 N–H and O–H groups in total. The maximum Gasteiger partial charge on any atom is 0.247 e. The Morgan fingerprint density at radius 1 is 1.20 bits per heavy atom. The van der Waals surface area contributed by atoms with Crippen molar-refractivity contribution < 1.29 is 19.0 Å². The fourth-order valence-electron chi connectivity index (χ4n) is 3.96. The lowest BCUT2D eigenvalue weighted by Gasteiger charge is -2.34. The van der Waals surface area contributed by atoms with Crippen LogP contribution in [0.3, 0.4) is 0 Å². The molecule has 1 unspecified atom stereocenters. The topological polar surface area (TPSA) is 48.0 Å². The maximum absolute atomic E-state index is 13.2. The van der Waals surface area contributed by atoms with Crippen molar-refractivity contribution in [1.29, 1.82) is 0 Å². The largest absolute Gasteiger partial charge is 0.493 e. The van der Waals surface area contributed by atoms with Gasteiger partial charge in [0, 0.05) is 22.4 Å². The molecule has 0 spiro atoms. The minimum absolute atomic E-state index is 0.000828. The SMILES string of the molecule is COc1cc(/C=C/C(=O)N2CCc3sccc3C2c2cccs2)cc2c1OCCO2. The predicted octanol–water partition coefficient (Wildman–Crippen LogP) is 4.78. The highest BCUT2D eigenvalue weighted by Gasteiger charge is 2.32. The Hall–Kier alpha value is -2.77. The number of thiophene rings is 2. The molecule has 0 fully saturated rings. The summed E-state index contributed by atoms with van der Waals surface area (Å²) < 4.78 is 16.8. The lowest BCUT2D eigenvalue weighted by Crippen LogP contribution is -2.38. The fourth-order valence-corrected chi connectivity index (χ4v) is 5.72. The number of fused-ring (bicyclic) bond motifs is 2. The van der Waals surface area contributed by atoms with Gasteiger partial charge in [0.05, 0.1) is 13.2 Å². The zero-order valence-corrected chi connectivity index (χ0v) is 18.1. The van der Waals surface area contributed by atoms with Gasteiger partial charge in [-0.15, -0.1) is 22.7 Å². The lowest BCUT2D eigenvalue weighted by atomic mass is 9.98. The average molecular weight is 440 g/mol. The highest BCUT2D eigenvalue weighted by molar-refractivity contribution is 7.10. The minimum atomic E-state index is -0.0213. The van der Waals surface area contributed by atoms with E-state index in [9.17, 15) is 4.79 Å². The van der Waals surface area contributed by atoms with Gasteiger partial charge >= 0.3 is 0 Å². The Morgan fingerprint density at radius 3 is 2.93 bits per heavy atom. The monoisotopic (exact) mass is 439 g/mol. The van der Waals surface area contributed by atoms with Gasteiger partial charge in [0.15, 0.2) is 11.5 Å². The number of hydrogen-bond acceptors (Lipinski definition) is 6. The summed E-state index contributed by atoms with van der Waals surface area (Å²) in [5.74, 6) is 1.87. The van der Waals surface area contributed by atoms with Gasteiger partial charge in [-0.25, -0.2) is 0 Å². The molecule has 1 atom stereocenters. The highest BCUT2D eigenvalue weighted by Crippen LogP contribution is 2.41. The van der Waals surface area contributed by atoms with Gasteiger partial charge in [0.2, 0.25) is 11.7 Å². The molecule has 2 aliphatic heterocycles. The summed E-state index contributed by atoms with van der Waals surface area (Å²) in [4.78, 5) is 17.7. The van der Waals surface area contributed by atoms with Gasteiger partial charge in [-0.05, 0) is 58.6 Å². The average Bonchev–Trinajstić information content (AvgIpc) is 3.48. The second-order valence-electron chi connectivity index (χ2n) is 7.08. The molecular formula is C23H21NO4S2. The fraction of sp³-hybridized carbons (Fsp3) is 0.261. The van der Waals surface area contributed by atoms with Crippen LogP contribution in [-0.2, 0) is 11.2 Å². The molecule has 30 heavy (non-hydrogen) atoms. The van der Waals surface area contributed by atoms with Gasteiger partial charge in [-0.1, -0.05) is 6.07 Å². The van der Waals surface area contributed by atoms with Crippen LogP contribution in [0.5, 0.6) is 17.2 Å². The Bertz CT molecular complexity index is 1070. The summed E-state index contributed by atoms with van der Waals surface area (Å²) in [5.41, 5.74) is 2.09. The molecule has 0 saturated heterocycles. The third kappa shape index (κ3) is 3.48. The molecule has 1 amide bonds. The first-order chi connectivity index (χ1) is 14.7. The molecule has 2 aromatic heterocycles. The quantitative estimate of drug-likeness (QED) is 0.549. The van der Waals surface area contributed by atoms with Gasteiger partial charge in [-0.2, -0.15) is 0 Å². The molecule has 0 aliphatic carbocycles. The first-order valence-electron chi connectivity index (χ1n) is 9.80. The zero-order valence-electron chi connectivity index (χ0n) is 16.5. The molecule has 5 rings (SSSR count). The van der Waals surface area contributed by atoms with Crippen LogP contribution in [0, 0.1) is 0 Å². The molecule has 0 saturated carbocycles. The third-order valence-corrected chi connectivity index (χ3v) is 7.25. The summed E-state index contributed by atoms with van der Waals surface area (Å²) in [5, 5.41) is 4.19. The van der Waals surface area contributed by atoms with E-state index in [-0.39, 0.29) is 11.9 Å². The van der Waals surface area contributed by atoms with Gasteiger partial charge in [0.1, 0.15) is 13.2 Å². The number of rotatable bonds is 4. The molecule has 4 heterocycles. The minimum Gasteiger partial charge on any atom is -0.493 e. The predicted molar refractivity (Wildman–Crippen MR) is 119 cm³/mol. The van der Waals surface area contributed by atoms with Crippen molar-refractivity contribution in [2.45, 2.75) is 12.5 Å². The van der Waals surface area contributed by atoms with Gasteiger partial charge < -0.3 is 19.1 Å². The highest BCUT2D eigenvalue weighted by atomic mass is 32.1. The van der Waals surface area contributed by atoms with E-state index < -0.39 is 0 Å². The molecular weight excluding hydrogens is 418 g/mol. The van der Waals surface area contributed by atoms with Crippen LogP contribution in [0.2, 0.25) is 0 Å². The van der Waals surface area contributed by atoms with Crippen LogP contribution >= 0.6 is 22.7 Å². The van der Waals surface area contributed by atoms with Crippen LogP contribution in [0.15, 0.2) is 47.2 Å². The summed E-state index contributed by atoms with van der Waals surface area (Å²) in [7, 11) is 1.60.